The van der Waals surface area contributed by atoms with Gasteiger partial charge in [0.25, 0.3) is 0 Å². The molecule has 4 heteroatoms. The van der Waals surface area contributed by atoms with Gasteiger partial charge in [0.1, 0.15) is 0 Å². The van der Waals surface area contributed by atoms with E-state index in [2.05, 4.69) is 21.1 Å². The fourth-order valence-electron chi connectivity index (χ4n) is 0. The van der Waals surface area contributed by atoms with Crippen molar-refractivity contribution in [3.63, 3.8) is 0 Å². The van der Waals surface area contributed by atoms with E-state index in [0.717, 1.165) is 0 Å². The molecule has 0 heterocycles. The van der Waals surface area contributed by atoms with Crippen LogP contribution in [0, 0.1) is 0 Å². The van der Waals surface area contributed by atoms with Crippen LogP contribution in [0.5, 0.6) is 0 Å². The maximum atomic E-state index is 3.98. The molecule has 0 aromatic heterocycles. The summed E-state index contributed by atoms with van der Waals surface area (Å²) >= 11 is 2.10. The van der Waals surface area contributed by atoms with Crippen molar-refractivity contribution in [2.45, 2.75) is 0 Å². The van der Waals surface area contributed by atoms with Gasteiger partial charge in [-0.1, -0.05) is 0 Å². The predicted octanol–water partition coefficient (Wildman–Crippen LogP) is -0.273. The van der Waals surface area contributed by atoms with E-state index >= 15 is 0 Å². The van der Waals surface area contributed by atoms with Gasteiger partial charge in [-0.05, 0) is 0 Å². The Morgan fingerprint density at radius 3 is 1.75 bits per heavy atom. The Morgan fingerprint density at radius 1 is 1.75 bits per heavy atom. The summed E-state index contributed by atoms with van der Waals surface area (Å²) in [6, 6.07) is 0. The van der Waals surface area contributed by atoms with Gasteiger partial charge in [0.15, 0.2) is 0 Å². The zero-order valence-corrected chi connectivity index (χ0v) is 14.6. The molecule has 0 aliphatic carbocycles. The van der Waals surface area contributed by atoms with Crippen LogP contribution < -0.4 is 0 Å². The molecule has 0 unspecified atom stereocenters. The van der Waals surface area contributed by atoms with Crippen LogP contribution in [-0.2, 0) is 47.9 Å². The molecule has 0 amide bonds. The molecule has 0 spiro atoms. The maximum absolute atomic E-state index is 3.98. The van der Waals surface area contributed by atoms with Crippen LogP contribution in [0.3, 0.4) is 0 Å². The van der Waals surface area contributed by atoms with Gasteiger partial charge in [-0.25, -0.2) is 0 Å². The van der Waals surface area contributed by atoms with Gasteiger partial charge >= 0.3 is 41.7 Å². The zero-order valence-electron chi connectivity index (χ0n) is 2.31. The van der Waals surface area contributed by atoms with Gasteiger partial charge in [0, 0.05) is 27.3 Å². The Balaban J connectivity index is 0. The molecule has 0 N–H and O–H groups in total. The fourth-order valence-corrected chi connectivity index (χ4v) is 0. The molecule has 0 fully saturated rings. The summed E-state index contributed by atoms with van der Waals surface area (Å²) in [5, 5.41) is 0. The topological polar surface area (TPSA) is 0 Å². The normalized spacial score (nSPS) is 2.50. The van der Waals surface area contributed by atoms with Gasteiger partial charge in [-0.3, -0.25) is 0 Å². The molecule has 0 radical (unpaired) electrons. The molecule has 0 saturated heterocycles. The average Bonchev–Trinajstić information content (AvgIpc) is 0.918. The van der Waals surface area contributed by atoms with Crippen molar-refractivity contribution in [1.29, 1.82) is 0 Å². The molecule has 0 nitrogen and oxygen atoms in total. The first kappa shape index (κ1) is 9.87. The Bertz CT molecular complexity index is 8.00. The van der Waals surface area contributed by atoms with E-state index in [1.54, 1.807) is 0 Å². The van der Waals surface area contributed by atoms with Gasteiger partial charge in [-0.2, -0.15) is 0 Å². The predicted molar refractivity (Wildman–Crippen MR) is 16.1 cm³/mol. The minimum absolute atomic E-state index is 0. The Morgan fingerprint density at radius 2 is 1.75 bits per heavy atom. The van der Waals surface area contributed by atoms with Crippen LogP contribution in [0.4, 0.5) is 0 Å². The molecule has 0 rings (SSSR count). The standard InChI is InChI=1S/Cd.Hg.H2S.H2Se/h;;2*1H2/q;+2;;/p-2. The second-order valence-corrected chi connectivity index (χ2v) is 19.3. The van der Waals surface area contributed by atoms with Crippen molar-refractivity contribution >= 4 is 21.1 Å². The van der Waals surface area contributed by atoms with E-state index in [-0.39, 0.29) is 27.3 Å². The zero-order chi connectivity index (χ0) is 2.71. The summed E-state index contributed by atoms with van der Waals surface area (Å²) in [6.45, 7) is 0. The van der Waals surface area contributed by atoms with Crippen molar-refractivity contribution in [2.24, 2.45) is 0 Å². The summed E-state index contributed by atoms with van der Waals surface area (Å²) < 4.78 is 0. The van der Waals surface area contributed by atoms with Gasteiger partial charge in [0.2, 0.25) is 0 Å². The van der Waals surface area contributed by atoms with E-state index in [9.17, 15) is 0 Å². The molecular weight excluding hydrogens is 424 g/mol. The summed E-state index contributed by atoms with van der Waals surface area (Å²) in [5.74, 6) is 0. The Labute approximate surface area is 67.5 Å². The molecule has 0 aromatic carbocycles. The van der Waals surface area contributed by atoms with Gasteiger partial charge in [-0.15, -0.1) is 0 Å². The van der Waals surface area contributed by atoms with Crippen LogP contribution in [0.2, 0.25) is 0 Å². The van der Waals surface area contributed by atoms with Crippen LogP contribution in [-0.4, -0.2) is 12.0 Å². The first-order valence-corrected chi connectivity index (χ1v) is 22.7. The van der Waals surface area contributed by atoms with Crippen LogP contribution in [0.25, 0.3) is 0 Å². The summed E-state index contributed by atoms with van der Waals surface area (Å²) in [6.07, 6.45) is 0. The molecule has 18 valence electrons. The van der Waals surface area contributed by atoms with Crippen LogP contribution >= 0.6 is 9.11 Å². The van der Waals surface area contributed by atoms with Gasteiger partial charge < -0.3 is 0 Å². The van der Waals surface area contributed by atoms with Crippen molar-refractivity contribution in [2.75, 3.05) is 0 Å². The van der Waals surface area contributed by atoms with Crippen LogP contribution in [0.15, 0.2) is 0 Å². The third-order valence-corrected chi connectivity index (χ3v) is 0. The number of thiol groups is 1. The minimum atomic E-state index is -0.451. The van der Waals surface area contributed by atoms with E-state index in [0.29, 0.717) is 0 Å². The Hall–Kier alpha value is 2.73. The van der Waals surface area contributed by atoms with Crippen molar-refractivity contribution in [3.8, 4) is 0 Å². The molecule has 0 bridgehead atoms. The average molecular weight is 426 g/mol. The number of rotatable bonds is 0. The van der Waals surface area contributed by atoms with Gasteiger partial charge in [0.05, 0.1) is 0 Å². The number of hydrogen-bond acceptors (Lipinski definition) is 1. The molecule has 0 saturated carbocycles. The molecule has 4 heavy (non-hydrogen) atoms. The second-order valence-electron chi connectivity index (χ2n) is 0.141. The van der Waals surface area contributed by atoms with Crippen molar-refractivity contribution in [3.05, 3.63) is 0 Å². The fraction of sp³-hybridized carbons (Fsp3) is 0. The molecule has 0 aromatic rings. The third kappa shape index (κ3) is 8.83. The monoisotopic (exact) mass is 430 g/mol. The molecular formula is H2CdHgSSe. The van der Waals surface area contributed by atoms with E-state index in [1.165, 1.54) is 0 Å². The van der Waals surface area contributed by atoms with Crippen molar-refractivity contribution in [1.82, 2.24) is 0 Å². The molecule has 0 aliphatic heterocycles. The van der Waals surface area contributed by atoms with E-state index in [1.807, 2.05) is 0 Å². The third-order valence-electron chi connectivity index (χ3n) is 0. The molecule has 0 atom stereocenters. The SMILES string of the molecule is [Cd].[SH][Hg][SeH]. The summed E-state index contributed by atoms with van der Waals surface area (Å²) in [7, 11) is 3.98. The second kappa shape index (κ2) is 9.21. The van der Waals surface area contributed by atoms with Crippen molar-refractivity contribution < 1.29 is 47.9 Å². The summed E-state index contributed by atoms with van der Waals surface area (Å²) in [5.41, 5.74) is 0. The van der Waals surface area contributed by atoms with E-state index < -0.39 is 20.6 Å². The summed E-state index contributed by atoms with van der Waals surface area (Å²) in [4.78, 5) is 0. The van der Waals surface area contributed by atoms with Crippen LogP contribution in [0.1, 0.15) is 0 Å². The first-order valence-electron chi connectivity index (χ1n) is 0.632. The first-order chi connectivity index (χ1) is 1.41. The van der Waals surface area contributed by atoms with E-state index in [4.69, 9.17) is 0 Å². The number of hydrogen-bond donors (Lipinski definition) is 1. The molecule has 0 aliphatic rings. The Kier molecular flexibility index (Phi) is 22.7. The quantitative estimate of drug-likeness (QED) is 0.401.